The van der Waals surface area contributed by atoms with Gasteiger partial charge in [0.15, 0.2) is 5.69 Å². The lowest BCUT2D eigenvalue weighted by Gasteiger charge is -2.08. The Morgan fingerprint density at radius 1 is 1.31 bits per heavy atom. The van der Waals surface area contributed by atoms with Crippen LogP contribution in [0.2, 0.25) is 0 Å². The lowest BCUT2D eigenvalue weighted by atomic mass is 10.2. The van der Waals surface area contributed by atoms with Gasteiger partial charge in [0.2, 0.25) is 5.89 Å². The molecule has 7 nitrogen and oxygen atoms in total. The number of imidazole rings is 1. The second-order valence-electron chi connectivity index (χ2n) is 6.51. The molecule has 134 valence electrons. The van der Waals surface area contributed by atoms with Crippen molar-refractivity contribution in [1.29, 1.82) is 0 Å². The maximum atomic E-state index is 12.4. The maximum absolute atomic E-state index is 12.4. The summed E-state index contributed by atoms with van der Waals surface area (Å²) in [6, 6.07) is 7.72. The van der Waals surface area contributed by atoms with Crippen LogP contribution < -0.4 is 10.6 Å². The first-order chi connectivity index (χ1) is 12.6. The predicted octanol–water partition coefficient (Wildman–Crippen LogP) is 3.15. The van der Waals surface area contributed by atoms with Crippen LogP contribution >= 0.6 is 0 Å². The van der Waals surface area contributed by atoms with E-state index in [-0.39, 0.29) is 11.9 Å². The second kappa shape index (κ2) is 6.76. The van der Waals surface area contributed by atoms with Gasteiger partial charge in [-0.1, -0.05) is 0 Å². The molecule has 1 amide bonds. The average Bonchev–Trinajstić information content (AvgIpc) is 3.38. The number of aryl methyl sites for hydroxylation is 1. The molecule has 1 aliphatic rings. The standard InChI is InChI=1S/C19H21N5O2/c1-12-13(2)24(11-21-12)15-7-5-14(6-8-15)22-18(25)17-10-26-19(23-17)16-4-3-9-20-16/h5-8,10-11,16,20H,3-4,9H2,1-2H3,(H,22,25)/t16-/m0/s1. The van der Waals surface area contributed by atoms with Crippen molar-refractivity contribution in [2.75, 3.05) is 11.9 Å². The smallest absolute Gasteiger partial charge is 0.277 e. The highest BCUT2D eigenvalue weighted by atomic mass is 16.3. The van der Waals surface area contributed by atoms with E-state index in [0.29, 0.717) is 17.3 Å². The molecule has 1 aromatic carbocycles. The van der Waals surface area contributed by atoms with E-state index in [0.717, 1.165) is 36.5 Å². The summed E-state index contributed by atoms with van der Waals surface area (Å²) in [5.41, 5.74) is 4.09. The van der Waals surface area contributed by atoms with Crippen LogP contribution in [-0.4, -0.2) is 27.0 Å². The predicted molar refractivity (Wildman–Crippen MR) is 97.5 cm³/mol. The minimum absolute atomic E-state index is 0.109. The number of hydrogen-bond donors (Lipinski definition) is 2. The molecule has 4 rings (SSSR count). The zero-order chi connectivity index (χ0) is 18.1. The summed E-state index contributed by atoms with van der Waals surface area (Å²) in [5.74, 6) is 0.300. The molecular weight excluding hydrogens is 330 g/mol. The highest BCUT2D eigenvalue weighted by Crippen LogP contribution is 2.23. The SMILES string of the molecule is Cc1ncn(-c2ccc(NC(=O)c3coc([C@@H]4CCCN4)n3)cc2)c1C. The second-order valence-corrected chi connectivity index (χ2v) is 6.51. The number of carbonyl (C=O) groups is 1. The lowest BCUT2D eigenvalue weighted by molar-refractivity contribution is 0.102. The fraction of sp³-hybridized carbons (Fsp3) is 0.316. The average molecular weight is 351 g/mol. The lowest BCUT2D eigenvalue weighted by Crippen LogP contribution is -2.15. The third-order valence-electron chi connectivity index (χ3n) is 4.77. The van der Waals surface area contributed by atoms with E-state index in [1.165, 1.54) is 6.26 Å². The monoisotopic (exact) mass is 351 g/mol. The fourth-order valence-corrected chi connectivity index (χ4v) is 3.11. The Balaban J connectivity index is 1.45. The molecule has 3 aromatic rings. The van der Waals surface area contributed by atoms with Gasteiger partial charge in [0.05, 0.1) is 18.1 Å². The zero-order valence-electron chi connectivity index (χ0n) is 14.8. The summed E-state index contributed by atoms with van der Waals surface area (Å²) in [6.07, 6.45) is 5.29. The molecule has 2 N–H and O–H groups in total. The summed E-state index contributed by atoms with van der Waals surface area (Å²) in [5, 5.41) is 6.16. The zero-order valence-corrected chi connectivity index (χ0v) is 14.8. The number of nitrogens with one attached hydrogen (secondary N) is 2. The molecule has 3 heterocycles. The van der Waals surface area contributed by atoms with Crippen molar-refractivity contribution in [2.24, 2.45) is 0 Å². The Kier molecular flexibility index (Phi) is 4.30. The molecule has 2 aromatic heterocycles. The van der Waals surface area contributed by atoms with Crippen molar-refractivity contribution in [3.05, 3.63) is 59.8 Å². The summed E-state index contributed by atoms with van der Waals surface area (Å²) < 4.78 is 7.47. The van der Waals surface area contributed by atoms with Gasteiger partial charge < -0.3 is 19.6 Å². The van der Waals surface area contributed by atoms with Gasteiger partial charge in [0.25, 0.3) is 5.91 Å². The molecule has 26 heavy (non-hydrogen) atoms. The van der Waals surface area contributed by atoms with Gasteiger partial charge in [-0.3, -0.25) is 4.79 Å². The van der Waals surface area contributed by atoms with Gasteiger partial charge in [-0.25, -0.2) is 9.97 Å². The Hall–Kier alpha value is -2.93. The van der Waals surface area contributed by atoms with Crippen LogP contribution in [0.1, 0.15) is 46.7 Å². The van der Waals surface area contributed by atoms with Crippen molar-refractivity contribution in [3.8, 4) is 5.69 Å². The third-order valence-corrected chi connectivity index (χ3v) is 4.77. The van der Waals surface area contributed by atoms with Crippen LogP contribution in [-0.2, 0) is 0 Å². The van der Waals surface area contributed by atoms with E-state index < -0.39 is 0 Å². The molecule has 1 fully saturated rings. The number of anilines is 1. The molecule has 7 heteroatoms. The highest BCUT2D eigenvalue weighted by Gasteiger charge is 2.22. The van der Waals surface area contributed by atoms with Crippen LogP contribution in [0, 0.1) is 13.8 Å². The highest BCUT2D eigenvalue weighted by molar-refractivity contribution is 6.02. The Morgan fingerprint density at radius 3 is 2.77 bits per heavy atom. The minimum Gasteiger partial charge on any atom is -0.446 e. The minimum atomic E-state index is -0.277. The van der Waals surface area contributed by atoms with Crippen LogP contribution in [0.3, 0.4) is 0 Å². The fourth-order valence-electron chi connectivity index (χ4n) is 3.11. The molecule has 1 atom stereocenters. The number of benzene rings is 1. The molecule has 0 radical (unpaired) electrons. The first-order valence-corrected chi connectivity index (χ1v) is 8.73. The maximum Gasteiger partial charge on any atom is 0.277 e. The van der Waals surface area contributed by atoms with Crippen LogP contribution in [0.4, 0.5) is 5.69 Å². The Bertz CT molecular complexity index is 920. The Labute approximate surface area is 151 Å². The van der Waals surface area contributed by atoms with Gasteiger partial charge in [-0.05, 0) is 57.5 Å². The van der Waals surface area contributed by atoms with Crippen molar-refractivity contribution in [1.82, 2.24) is 19.9 Å². The Morgan fingerprint density at radius 2 is 2.12 bits per heavy atom. The molecule has 0 bridgehead atoms. The van der Waals surface area contributed by atoms with E-state index in [1.54, 1.807) is 6.33 Å². The van der Waals surface area contributed by atoms with E-state index in [2.05, 4.69) is 20.6 Å². The summed E-state index contributed by atoms with van der Waals surface area (Å²) in [4.78, 5) is 21.0. The molecular formula is C19H21N5O2. The topological polar surface area (TPSA) is 85.0 Å². The summed E-state index contributed by atoms with van der Waals surface area (Å²) >= 11 is 0. The van der Waals surface area contributed by atoms with Gasteiger partial charge >= 0.3 is 0 Å². The van der Waals surface area contributed by atoms with Crippen LogP contribution in [0.25, 0.3) is 5.69 Å². The summed E-state index contributed by atoms with van der Waals surface area (Å²) in [6.45, 7) is 4.96. The van der Waals surface area contributed by atoms with Gasteiger partial charge in [0.1, 0.15) is 6.26 Å². The van der Waals surface area contributed by atoms with Gasteiger partial charge in [0, 0.05) is 17.1 Å². The van der Waals surface area contributed by atoms with E-state index in [9.17, 15) is 4.79 Å². The quantitative estimate of drug-likeness (QED) is 0.754. The number of carbonyl (C=O) groups excluding carboxylic acids is 1. The number of aromatic nitrogens is 3. The summed E-state index contributed by atoms with van der Waals surface area (Å²) in [7, 11) is 0. The number of nitrogens with zero attached hydrogens (tertiary/aromatic N) is 3. The van der Waals surface area contributed by atoms with Gasteiger partial charge in [-0.2, -0.15) is 0 Å². The largest absolute Gasteiger partial charge is 0.446 e. The van der Waals surface area contributed by atoms with Gasteiger partial charge in [-0.15, -0.1) is 0 Å². The molecule has 0 unspecified atom stereocenters. The molecule has 0 aliphatic carbocycles. The first kappa shape index (κ1) is 16.5. The number of amides is 1. The normalized spacial score (nSPS) is 16.8. The number of oxazole rings is 1. The van der Waals surface area contributed by atoms with Crippen LogP contribution in [0.5, 0.6) is 0 Å². The third kappa shape index (κ3) is 3.13. The van der Waals surface area contributed by atoms with E-state index in [4.69, 9.17) is 4.42 Å². The van der Waals surface area contributed by atoms with E-state index >= 15 is 0 Å². The van der Waals surface area contributed by atoms with Crippen molar-refractivity contribution in [3.63, 3.8) is 0 Å². The molecule has 1 aliphatic heterocycles. The van der Waals surface area contributed by atoms with Crippen molar-refractivity contribution < 1.29 is 9.21 Å². The first-order valence-electron chi connectivity index (χ1n) is 8.73. The molecule has 1 saturated heterocycles. The van der Waals surface area contributed by atoms with Crippen molar-refractivity contribution >= 4 is 11.6 Å². The van der Waals surface area contributed by atoms with E-state index in [1.807, 2.05) is 42.7 Å². The number of hydrogen-bond acceptors (Lipinski definition) is 5. The molecule has 0 spiro atoms. The molecule has 0 saturated carbocycles. The van der Waals surface area contributed by atoms with Crippen LogP contribution in [0.15, 0.2) is 41.3 Å². The number of rotatable bonds is 4. The van der Waals surface area contributed by atoms with Crippen molar-refractivity contribution in [2.45, 2.75) is 32.7 Å².